The van der Waals surface area contributed by atoms with Gasteiger partial charge >= 0.3 is 0 Å². The van der Waals surface area contributed by atoms with Crippen molar-refractivity contribution in [2.45, 2.75) is 11.9 Å². The smallest absolute Gasteiger partial charge is 0.237 e. The third-order valence-electron chi connectivity index (χ3n) is 4.92. The summed E-state index contributed by atoms with van der Waals surface area (Å²) in [5.41, 5.74) is 2.48. The summed E-state index contributed by atoms with van der Waals surface area (Å²) in [6.07, 6.45) is -0.458. The van der Waals surface area contributed by atoms with Crippen LogP contribution < -0.4 is 4.74 Å². The number of benzene rings is 3. The first-order valence-corrected chi connectivity index (χ1v) is 9.84. The molecule has 3 aromatic carbocycles. The number of hydrogen-bond donors (Lipinski definition) is 0. The van der Waals surface area contributed by atoms with E-state index in [0.29, 0.717) is 0 Å². The predicted octanol–water partition coefficient (Wildman–Crippen LogP) is 6.15. The van der Waals surface area contributed by atoms with Crippen LogP contribution in [0.5, 0.6) is 5.75 Å². The normalized spacial score (nSPS) is 17.7. The summed E-state index contributed by atoms with van der Waals surface area (Å²) in [5, 5.41) is 2.05. The van der Waals surface area contributed by atoms with E-state index >= 15 is 0 Å². The second-order valence-electron chi connectivity index (χ2n) is 6.49. The van der Waals surface area contributed by atoms with Crippen LogP contribution in [0.2, 0.25) is 0 Å². The molecule has 2 nitrogen and oxygen atoms in total. The first-order valence-electron chi connectivity index (χ1n) is 8.96. The molecule has 4 aromatic rings. The molecule has 1 unspecified atom stereocenters. The van der Waals surface area contributed by atoms with Gasteiger partial charge in [0, 0.05) is 5.56 Å². The molecule has 0 fully saturated rings. The molecule has 1 aromatic heterocycles. The minimum absolute atomic E-state index is 0.458. The van der Waals surface area contributed by atoms with Crippen LogP contribution in [0.4, 0.5) is 0 Å². The number of thiophene rings is 1. The van der Waals surface area contributed by atoms with Gasteiger partial charge < -0.3 is 9.47 Å². The average molecular weight is 370 g/mol. The van der Waals surface area contributed by atoms with E-state index in [9.17, 15) is 0 Å². The van der Waals surface area contributed by atoms with Crippen LogP contribution in [0.1, 0.15) is 27.9 Å². The molecule has 0 N–H and O–H groups in total. The lowest BCUT2D eigenvalue weighted by atomic mass is 9.79. The zero-order chi connectivity index (χ0) is 18.1. The Kier molecular flexibility index (Phi) is 4.04. The van der Waals surface area contributed by atoms with Gasteiger partial charge in [0.25, 0.3) is 0 Å². The topological polar surface area (TPSA) is 18.5 Å². The Labute approximate surface area is 162 Å². The molecule has 0 spiro atoms. The highest BCUT2D eigenvalue weighted by Crippen LogP contribution is 2.51. The number of para-hydroxylation sites is 1. The summed E-state index contributed by atoms with van der Waals surface area (Å²) >= 11 is 1.65. The first-order chi connectivity index (χ1) is 13.4. The van der Waals surface area contributed by atoms with Crippen LogP contribution in [0.25, 0.3) is 0 Å². The predicted molar refractivity (Wildman–Crippen MR) is 108 cm³/mol. The average Bonchev–Trinajstić information content (AvgIpc) is 3.29. The Morgan fingerprint density at radius 1 is 0.667 bits per heavy atom. The van der Waals surface area contributed by atoms with Gasteiger partial charge in [-0.05, 0) is 28.6 Å². The molecule has 0 aliphatic carbocycles. The van der Waals surface area contributed by atoms with Crippen molar-refractivity contribution in [1.82, 2.24) is 0 Å². The molecule has 0 radical (unpaired) electrons. The maximum Gasteiger partial charge on any atom is 0.237 e. The maximum atomic E-state index is 6.81. The maximum absolute atomic E-state index is 6.81. The van der Waals surface area contributed by atoms with Gasteiger partial charge in [0.2, 0.25) is 6.29 Å². The van der Waals surface area contributed by atoms with E-state index in [-0.39, 0.29) is 0 Å². The van der Waals surface area contributed by atoms with Crippen molar-refractivity contribution in [1.29, 1.82) is 0 Å². The van der Waals surface area contributed by atoms with Crippen LogP contribution in [0, 0.1) is 0 Å². The van der Waals surface area contributed by atoms with Gasteiger partial charge in [-0.25, -0.2) is 0 Å². The van der Waals surface area contributed by atoms with Crippen LogP contribution in [0.3, 0.4) is 0 Å². The molecule has 0 bridgehead atoms. The summed E-state index contributed by atoms with van der Waals surface area (Å²) in [6, 6.07) is 33.1. The molecule has 132 valence electrons. The van der Waals surface area contributed by atoms with Crippen molar-refractivity contribution >= 4 is 11.3 Å². The highest BCUT2D eigenvalue weighted by atomic mass is 32.1. The van der Waals surface area contributed by atoms with E-state index in [4.69, 9.17) is 9.47 Å². The molecule has 27 heavy (non-hydrogen) atoms. The third kappa shape index (κ3) is 2.67. The zero-order valence-electron chi connectivity index (χ0n) is 14.6. The lowest BCUT2D eigenvalue weighted by Gasteiger charge is -2.43. The molecule has 5 rings (SSSR count). The fourth-order valence-electron chi connectivity index (χ4n) is 3.72. The first kappa shape index (κ1) is 16.3. The number of rotatable bonds is 3. The van der Waals surface area contributed by atoms with Crippen molar-refractivity contribution in [3.8, 4) is 5.75 Å². The van der Waals surface area contributed by atoms with Crippen LogP contribution in [0.15, 0.2) is 102 Å². The minimum Gasteiger partial charge on any atom is -0.459 e. The van der Waals surface area contributed by atoms with Gasteiger partial charge in [-0.2, -0.15) is 0 Å². The van der Waals surface area contributed by atoms with E-state index in [1.807, 2.05) is 36.4 Å². The summed E-state index contributed by atoms with van der Waals surface area (Å²) in [6.45, 7) is 0. The highest BCUT2D eigenvalue weighted by molar-refractivity contribution is 7.10. The molecule has 0 amide bonds. The fraction of sp³-hybridized carbons (Fsp3) is 0.0833. The Hall–Kier alpha value is -2.88. The fourth-order valence-corrected chi connectivity index (χ4v) is 4.40. The molecule has 0 saturated carbocycles. The standard InChI is InChI=1S/C24H18O2S/c1-3-10-18(11-4-1)24(19-12-5-2-6-13-19)20-14-7-8-15-21(20)25-23(26-24)22-16-9-17-27-22/h1-17,23H. The Balaban J connectivity index is 1.80. The van der Waals surface area contributed by atoms with Crippen molar-refractivity contribution < 1.29 is 9.47 Å². The van der Waals surface area contributed by atoms with Crippen LogP contribution in [-0.2, 0) is 10.3 Å². The van der Waals surface area contributed by atoms with Crippen molar-refractivity contribution in [2.24, 2.45) is 0 Å². The van der Waals surface area contributed by atoms with Gasteiger partial charge in [-0.3, -0.25) is 0 Å². The van der Waals surface area contributed by atoms with Gasteiger partial charge in [-0.15, -0.1) is 11.3 Å². The summed E-state index contributed by atoms with van der Waals surface area (Å²) in [7, 11) is 0. The van der Waals surface area contributed by atoms with Crippen LogP contribution >= 0.6 is 11.3 Å². The van der Waals surface area contributed by atoms with Crippen molar-refractivity contribution in [2.75, 3.05) is 0 Å². The van der Waals surface area contributed by atoms with E-state index < -0.39 is 11.9 Å². The summed E-state index contributed by atoms with van der Waals surface area (Å²) < 4.78 is 13.1. The lowest BCUT2D eigenvalue weighted by molar-refractivity contribution is -0.165. The van der Waals surface area contributed by atoms with E-state index in [2.05, 4.69) is 66.0 Å². The summed E-state index contributed by atoms with van der Waals surface area (Å²) in [4.78, 5) is 1.06. The molecule has 1 aliphatic rings. The number of hydrogen-bond acceptors (Lipinski definition) is 3. The van der Waals surface area contributed by atoms with E-state index in [0.717, 1.165) is 27.3 Å². The van der Waals surface area contributed by atoms with Crippen molar-refractivity contribution in [3.05, 3.63) is 124 Å². The quantitative estimate of drug-likeness (QED) is 0.431. The van der Waals surface area contributed by atoms with Crippen LogP contribution in [-0.4, -0.2) is 0 Å². The Morgan fingerprint density at radius 3 is 1.93 bits per heavy atom. The Morgan fingerprint density at radius 2 is 1.30 bits per heavy atom. The van der Waals surface area contributed by atoms with Gasteiger partial charge in [0.1, 0.15) is 5.75 Å². The highest BCUT2D eigenvalue weighted by Gasteiger charge is 2.46. The second-order valence-corrected chi connectivity index (χ2v) is 7.47. The largest absolute Gasteiger partial charge is 0.459 e. The molecular formula is C24H18O2S. The monoisotopic (exact) mass is 370 g/mol. The molecule has 1 aliphatic heterocycles. The number of fused-ring (bicyclic) bond motifs is 1. The zero-order valence-corrected chi connectivity index (χ0v) is 15.4. The molecular weight excluding hydrogens is 352 g/mol. The number of ether oxygens (including phenoxy) is 2. The second kappa shape index (κ2) is 6.69. The SMILES string of the molecule is c1ccc(C2(c3ccccc3)OC(c3cccs3)Oc3ccccc32)cc1. The minimum atomic E-state index is -0.730. The lowest BCUT2D eigenvalue weighted by Crippen LogP contribution is -2.39. The molecule has 2 heterocycles. The van der Waals surface area contributed by atoms with E-state index in [1.54, 1.807) is 11.3 Å². The molecule has 3 heteroatoms. The molecule has 0 saturated heterocycles. The third-order valence-corrected chi connectivity index (χ3v) is 5.81. The van der Waals surface area contributed by atoms with Gasteiger partial charge in [-0.1, -0.05) is 84.9 Å². The van der Waals surface area contributed by atoms with E-state index in [1.165, 1.54) is 0 Å². The van der Waals surface area contributed by atoms with Gasteiger partial charge in [0.05, 0.1) is 4.88 Å². The Bertz CT molecular complexity index is 987. The molecule has 1 atom stereocenters. The summed E-state index contributed by atoms with van der Waals surface area (Å²) in [5.74, 6) is 0.856. The van der Waals surface area contributed by atoms with Gasteiger partial charge in [0.15, 0.2) is 5.60 Å². The van der Waals surface area contributed by atoms with Crippen molar-refractivity contribution in [3.63, 3.8) is 0 Å².